The molecule has 0 aliphatic carbocycles. The van der Waals surface area contributed by atoms with Crippen LogP contribution in [0.5, 0.6) is 0 Å². The summed E-state index contributed by atoms with van der Waals surface area (Å²) < 4.78 is 24.4. The molecule has 1 heterocycles. The molecule has 7 heteroatoms. The molecule has 0 radical (unpaired) electrons. The lowest BCUT2D eigenvalue weighted by atomic mass is 10.3. The van der Waals surface area contributed by atoms with Crippen molar-refractivity contribution in [3.05, 3.63) is 0 Å². The molecule has 0 bridgehead atoms. The van der Waals surface area contributed by atoms with Crippen LogP contribution in [0.4, 0.5) is 0 Å². The summed E-state index contributed by atoms with van der Waals surface area (Å²) in [6, 6.07) is 0.136. The lowest BCUT2D eigenvalue weighted by molar-refractivity contribution is -0.122. The van der Waals surface area contributed by atoms with Crippen LogP contribution in [0.25, 0.3) is 0 Å². The predicted molar refractivity (Wildman–Crippen MR) is 70.8 cm³/mol. The van der Waals surface area contributed by atoms with Gasteiger partial charge in [0.05, 0.1) is 12.8 Å². The second-order valence-electron chi connectivity index (χ2n) is 5.01. The number of sulfonamides is 1. The van der Waals surface area contributed by atoms with Crippen LogP contribution in [0.3, 0.4) is 0 Å². The van der Waals surface area contributed by atoms with Crippen molar-refractivity contribution < 1.29 is 13.2 Å². The first-order valence-electron chi connectivity index (χ1n) is 6.26. The number of carbonyl (C=O) groups excluding carboxylic acids is 1. The largest absolute Gasteiger partial charge is 0.353 e. The van der Waals surface area contributed by atoms with E-state index in [0.29, 0.717) is 26.2 Å². The van der Waals surface area contributed by atoms with Gasteiger partial charge in [0.2, 0.25) is 15.9 Å². The first-order valence-corrected chi connectivity index (χ1v) is 8.10. The van der Waals surface area contributed by atoms with E-state index in [4.69, 9.17) is 0 Å². The van der Waals surface area contributed by atoms with Gasteiger partial charge < -0.3 is 5.32 Å². The monoisotopic (exact) mass is 277 g/mol. The Kier molecular flexibility index (Phi) is 5.55. The summed E-state index contributed by atoms with van der Waals surface area (Å²) in [5.41, 5.74) is 0. The van der Waals surface area contributed by atoms with Gasteiger partial charge in [0, 0.05) is 25.7 Å². The maximum absolute atomic E-state index is 11.6. The lowest BCUT2D eigenvalue weighted by Crippen LogP contribution is -2.41. The summed E-state index contributed by atoms with van der Waals surface area (Å²) >= 11 is 0. The highest BCUT2D eigenvalue weighted by Gasteiger charge is 2.22. The molecule has 0 unspecified atom stereocenters. The zero-order chi connectivity index (χ0) is 13.8. The van der Waals surface area contributed by atoms with Gasteiger partial charge >= 0.3 is 0 Å². The highest BCUT2D eigenvalue weighted by molar-refractivity contribution is 7.88. The Hall–Kier alpha value is -0.660. The topological polar surface area (TPSA) is 69.7 Å². The molecule has 0 aromatic rings. The molecule has 0 saturated carbocycles. The van der Waals surface area contributed by atoms with Crippen molar-refractivity contribution in [3.8, 4) is 0 Å². The molecule has 6 nitrogen and oxygen atoms in total. The van der Waals surface area contributed by atoms with E-state index in [0.717, 1.165) is 13.0 Å². The summed E-state index contributed by atoms with van der Waals surface area (Å²) in [5, 5.41) is 2.84. The van der Waals surface area contributed by atoms with Crippen molar-refractivity contribution in [3.63, 3.8) is 0 Å². The summed E-state index contributed by atoms with van der Waals surface area (Å²) in [6.07, 6.45) is 2.00. The fraction of sp³-hybridized carbons (Fsp3) is 0.909. The summed E-state index contributed by atoms with van der Waals surface area (Å²) in [4.78, 5) is 13.6. The normalized spacial score (nSPS) is 19.8. The fourth-order valence-corrected chi connectivity index (χ4v) is 2.88. The van der Waals surface area contributed by atoms with Crippen LogP contribution < -0.4 is 5.32 Å². The minimum atomic E-state index is -3.11. The minimum absolute atomic E-state index is 0.00203. The first kappa shape index (κ1) is 15.4. The second kappa shape index (κ2) is 6.49. The molecule has 1 fully saturated rings. The summed E-state index contributed by atoms with van der Waals surface area (Å²) in [5.74, 6) is -0.00203. The van der Waals surface area contributed by atoms with Crippen LogP contribution >= 0.6 is 0 Å². The zero-order valence-electron chi connectivity index (χ0n) is 11.3. The molecule has 0 spiro atoms. The van der Waals surface area contributed by atoms with Crippen molar-refractivity contribution >= 4 is 15.9 Å². The Morgan fingerprint density at radius 2 is 1.89 bits per heavy atom. The van der Waals surface area contributed by atoms with Crippen LogP contribution in [-0.4, -0.2) is 68.6 Å². The van der Waals surface area contributed by atoms with Gasteiger partial charge in [0.1, 0.15) is 0 Å². The van der Waals surface area contributed by atoms with E-state index in [9.17, 15) is 13.2 Å². The summed E-state index contributed by atoms with van der Waals surface area (Å²) in [6.45, 7) is 6.57. The van der Waals surface area contributed by atoms with E-state index in [1.807, 2.05) is 18.7 Å². The molecular weight excluding hydrogens is 254 g/mol. The van der Waals surface area contributed by atoms with Gasteiger partial charge in [-0.2, -0.15) is 0 Å². The SMILES string of the molecule is CC(C)NC(=O)CN1CCCN(S(C)(=O)=O)CC1. The van der Waals surface area contributed by atoms with E-state index in [2.05, 4.69) is 5.32 Å². The number of nitrogens with zero attached hydrogens (tertiary/aromatic N) is 2. The Bertz CT molecular complexity index is 381. The third kappa shape index (κ3) is 5.32. The van der Waals surface area contributed by atoms with Crippen LogP contribution in [0.1, 0.15) is 20.3 Å². The third-order valence-corrected chi connectivity index (χ3v) is 4.14. The van der Waals surface area contributed by atoms with E-state index < -0.39 is 10.0 Å². The van der Waals surface area contributed by atoms with Crippen LogP contribution in [0.15, 0.2) is 0 Å². The molecule has 0 atom stereocenters. The molecule has 0 aromatic heterocycles. The average molecular weight is 277 g/mol. The lowest BCUT2D eigenvalue weighted by Gasteiger charge is -2.20. The Labute approximate surface area is 109 Å². The van der Waals surface area contributed by atoms with Gasteiger partial charge in [-0.05, 0) is 26.8 Å². The number of carbonyl (C=O) groups is 1. The number of rotatable bonds is 4. The van der Waals surface area contributed by atoms with Gasteiger partial charge in [0.25, 0.3) is 0 Å². The maximum atomic E-state index is 11.6. The molecule has 106 valence electrons. The molecule has 1 aliphatic heterocycles. The Balaban J connectivity index is 2.45. The summed E-state index contributed by atoms with van der Waals surface area (Å²) in [7, 11) is -3.11. The molecule has 1 aliphatic rings. The van der Waals surface area contributed by atoms with E-state index in [-0.39, 0.29) is 11.9 Å². The van der Waals surface area contributed by atoms with Crippen molar-refractivity contribution in [1.82, 2.24) is 14.5 Å². The van der Waals surface area contributed by atoms with Crippen molar-refractivity contribution in [2.24, 2.45) is 0 Å². The van der Waals surface area contributed by atoms with Crippen LogP contribution in [0.2, 0.25) is 0 Å². The first-order chi connectivity index (χ1) is 8.29. The number of hydrogen-bond donors (Lipinski definition) is 1. The third-order valence-electron chi connectivity index (χ3n) is 2.83. The van der Waals surface area contributed by atoms with Crippen LogP contribution in [0, 0.1) is 0 Å². The minimum Gasteiger partial charge on any atom is -0.353 e. The molecular formula is C11H23N3O3S. The van der Waals surface area contributed by atoms with Gasteiger partial charge in [-0.3, -0.25) is 9.69 Å². The second-order valence-corrected chi connectivity index (χ2v) is 7.00. The fourth-order valence-electron chi connectivity index (χ4n) is 2.01. The molecule has 1 amide bonds. The Morgan fingerprint density at radius 3 is 2.44 bits per heavy atom. The van der Waals surface area contributed by atoms with Crippen LogP contribution in [-0.2, 0) is 14.8 Å². The van der Waals surface area contributed by atoms with Gasteiger partial charge in [-0.1, -0.05) is 0 Å². The van der Waals surface area contributed by atoms with Gasteiger partial charge in [-0.25, -0.2) is 12.7 Å². The van der Waals surface area contributed by atoms with Gasteiger partial charge in [0.15, 0.2) is 0 Å². The maximum Gasteiger partial charge on any atom is 0.234 e. The number of hydrogen-bond acceptors (Lipinski definition) is 4. The highest BCUT2D eigenvalue weighted by Crippen LogP contribution is 2.06. The smallest absolute Gasteiger partial charge is 0.234 e. The number of amides is 1. The van der Waals surface area contributed by atoms with E-state index in [1.54, 1.807) is 0 Å². The number of nitrogens with one attached hydrogen (secondary N) is 1. The standard InChI is InChI=1S/C11H23N3O3S/c1-10(2)12-11(15)9-13-5-4-6-14(8-7-13)18(3,16)17/h10H,4-9H2,1-3H3,(H,12,15). The Morgan fingerprint density at radius 1 is 1.22 bits per heavy atom. The highest BCUT2D eigenvalue weighted by atomic mass is 32.2. The molecule has 1 N–H and O–H groups in total. The van der Waals surface area contributed by atoms with Crippen molar-refractivity contribution in [2.45, 2.75) is 26.3 Å². The van der Waals surface area contributed by atoms with Gasteiger partial charge in [-0.15, -0.1) is 0 Å². The molecule has 1 rings (SSSR count). The predicted octanol–water partition coefficient (Wildman–Crippen LogP) is -0.522. The molecule has 18 heavy (non-hydrogen) atoms. The van der Waals surface area contributed by atoms with Crippen molar-refractivity contribution in [1.29, 1.82) is 0 Å². The average Bonchev–Trinajstić information content (AvgIpc) is 2.40. The quantitative estimate of drug-likeness (QED) is 0.750. The zero-order valence-corrected chi connectivity index (χ0v) is 12.2. The molecule has 0 aromatic carbocycles. The van der Waals surface area contributed by atoms with E-state index >= 15 is 0 Å². The van der Waals surface area contributed by atoms with E-state index in [1.165, 1.54) is 10.6 Å². The van der Waals surface area contributed by atoms with Crippen molar-refractivity contribution in [2.75, 3.05) is 39.0 Å². The molecule has 1 saturated heterocycles.